The summed E-state index contributed by atoms with van der Waals surface area (Å²) >= 11 is 0. The van der Waals surface area contributed by atoms with Crippen LogP contribution in [0.15, 0.2) is 24.3 Å². The maximum absolute atomic E-state index is 13.7. The molecular formula is C12H11FN4. The molecule has 2 aromatic rings. The minimum absolute atomic E-state index is 0.0410. The van der Waals surface area contributed by atoms with E-state index in [-0.39, 0.29) is 17.4 Å². The summed E-state index contributed by atoms with van der Waals surface area (Å²) in [6.45, 7) is 3.83. The van der Waals surface area contributed by atoms with Gasteiger partial charge in [-0.05, 0) is 18.1 Å². The Morgan fingerprint density at radius 1 is 1.35 bits per heavy atom. The lowest BCUT2D eigenvalue weighted by molar-refractivity contribution is 0.598. The first-order valence-corrected chi connectivity index (χ1v) is 5.25. The van der Waals surface area contributed by atoms with Gasteiger partial charge in [0.05, 0.1) is 5.69 Å². The fourth-order valence-electron chi connectivity index (χ4n) is 1.69. The third kappa shape index (κ3) is 1.89. The Bertz CT molecular complexity index is 580. The number of benzene rings is 1. The van der Waals surface area contributed by atoms with E-state index in [9.17, 15) is 4.39 Å². The van der Waals surface area contributed by atoms with Crippen LogP contribution in [0, 0.1) is 17.1 Å². The molecule has 0 fully saturated rings. The Morgan fingerprint density at radius 2 is 2.06 bits per heavy atom. The van der Waals surface area contributed by atoms with Crippen molar-refractivity contribution in [1.29, 1.82) is 5.26 Å². The predicted octanol–water partition coefficient (Wildman–Crippen LogP) is 2.40. The van der Waals surface area contributed by atoms with Crippen molar-refractivity contribution in [1.82, 2.24) is 15.0 Å². The Labute approximate surface area is 98.3 Å². The standard InChI is InChI=1S/C12H11FN4/c1-8(2)12-10(7-14)15-16-17(12)11-6-4-3-5-9(11)13/h3-6,8H,1-2H3. The summed E-state index contributed by atoms with van der Waals surface area (Å²) in [5.74, 6) is -0.344. The molecule has 0 bridgehead atoms. The number of hydrogen-bond donors (Lipinski definition) is 0. The monoisotopic (exact) mass is 230 g/mol. The number of rotatable bonds is 2. The van der Waals surface area contributed by atoms with Crippen molar-refractivity contribution in [3.8, 4) is 11.8 Å². The largest absolute Gasteiger partial charge is 0.213 e. The maximum Gasteiger partial charge on any atom is 0.186 e. The molecule has 0 aliphatic carbocycles. The van der Waals surface area contributed by atoms with Crippen LogP contribution in [0.5, 0.6) is 0 Å². The summed E-state index contributed by atoms with van der Waals surface area (Å²) in [4.78, 5) is 0. The highest BCUT2D eigenvalue weighted by Gasteiger charge is 2.18. The second kappa shape index (κ2) is 4.34. The lowest BCUT2D eigenvalue weighted by Crippen LogP contribution is -2.06. The van der Waals surface area contributed by atoms with Crippen LogP contribution < -0.4 is 0 Å². The number of aromatic nitrogens is 3. The van der Waals surface area contributed by atoms with E-state index in [0.717, 1.165) is 0 Å². The number of nitrogens with zero attached hydrogens (tertiary/aromatic N) is 4. The molecule has 0 spiro atoms. The quantitative estimate of drug-likeness (QED) is 0.796. The van der Waals surface area contributed by atoms with Crippen molar-refractivity contribution < 1.29 is 4.39 Å². The molecule has 0 radical (unpaired) electrons. The lowest BCUT2D eigenvalue weighted by Gasteiger charge is -2.09. The molecule has 0 atom stereocenters. The van der Waals surface area contributed by atoms with E-state index >= 15 is 0 Å². The van der Waals surface area contributed by atoms with E-state index in [4.69, 9.17) is 5.26 Å². The van der Waals surface area contributed by atoms with E-state index in [1.54, 1.807) is 18.2 Å². The van der Waals surface area contributed by atoms with Gasteiger partial charge in [-0.15, -0.1) is 5.10 Å². The van der Waals surface area contributed by atoms with Crippen molar-refractivity contribution in [3.05, 3.63) is 41.5 Å². The molecular weight excluding hydrogens is 219 g/mol. The molecule has 0 aliphatic heterocycles. The van der Waals surface area contributed by atoms with Gasteiger partial charge in [0.15, 0.2) is 5.69 Å². The van der Waals surface area contributed by atoms with Gasteiger partial charge in [-0.2, -0.15) is 5.26 Å². The second-order valence-corrected chi connectivity index (χ2v) is 3.95. The van der Waals surface area contributed by atoms with Crippen LogP contribution in [0.3, 0.4) is 0 Å². The first-order chi connectivity index (χ1) is 8.15. The number of nitriles is 1. The Balaban J connectivity index is 2.66. The number of halogens is 1. The summed E-state index contributed by atoms with van der Waals surface area (Å²) in [6, 6.07) is 8.26. The fraction of sp³-hybridized carbons (Fsp3) is 0.250. The van der Waals surface area contributed by atoms with Crippen LogP contribution in [0.1, 0.15) is 31.2 Å². The third-order valence-corrected chi connectivity index (χ3v) is 2.44. The molecule has 2 rings (SSSR count). The highest BCUT2D eigenvalue weighted by atomic mass is 19.1. The zero-order chi connectivity index (χ0) is 12.4. The van der Waals surface area contributed by atoms with Gasteiger partial charge in [-0.1, -0.05) is 31.2 Å². The van der Waals surface area contributed by atoms with Crippen LogP contribution in [0.4, 0.5) is 4.39 Å². The average molecular weight is 230 g/mol. The minimum Gasteiger partial charge on any atom is -0.213 e. The van der Waals surface area contributed by atoms with Crippen molar-refractivity contribution in [2.75, 3.05) is 0 Å². The van der Waals surface area contributed by atoms with E-state index in [2.05, 4.69) is 10.3 Å². The van der Waals surface area contributed by atoms with Crippen molar-refractivity contribution >= 4 is 0 Å². The van der Waals surface area contributed by atoms with Crippen LogP contribution >= 0.6 is 0 Å². The van der Waals surface area contributed by atoms with Gasteiger partial charge in [0.1, 0.15) is 17.6 Å². The molecule has 5 heteroatoms. The van der Waals surface area contributed by atoms with Crippen LogP contribution in [0.25, 0.3) is 5.69 Å². The van der Waals surface area contributed by atoms with Crippen molar-refractivity contribution in [2.24, 2.45) is 0 Å². The predicted molar refractivity (Wildman–Crippen MR) is 60.1 cm³/mol. The molecule has 0 unspecified atom stereocenters. The summed E-state index contributed by atoms with van der Waals surface area (Å²) in [5, 5.41) is 16.5. The minimum atomic E-state index is -0.385. The highest BCUT2D eigenvalue weighted by molar-refractivity contribution is 5.38. The van der Waals surface area contributed by atoms with E-state index < -0.39 is 0 Å². The van der Waals surface area contributed by atoms with Gasteiger partial charge in [-0.3, -0.25) is 0 Å². The Kier molecular flexibility index (Phi) is 2.88. The zero-order valence-corrected chi connectivity index (χ0v) is 9.55. The zero-order valence-electron chi connectivity index (χ0n) is 9.55. The first kappa shape index (κ1) is 11.3. The molecule has 0 saturated carbocycles. The average Bonchev–Trinajstić information content (AvgIpc) is 2.73. The molecule has 86 valence electrons. The SMILES string of the molecule is CC(C)c1c(C#N)nnn1-c1ccccc1F. The molecule has 17 heavy (non-hydrogen) atoms. The van der Waals surface area contributed by atoms with E-state index in [0.29, 0.717) is 11.4 Å². The molecule has 1 aromatic heterocycles. The van der Waals surface area contributed by atoms with Crippen molar-refractivity contribution in [2.45, 2.75) is 19.8 Å². The Morgan fingerprint density at radius 3 is 2.65 bits per heavy atom. The Hall–Kier alpha value is -2.22. The summed E-state index contributed by atoms with van der Waals surface area (Å²) in [6.07, 6.45) is 0. The van der Waals surface area contributed by atoms with E-state index in [1.807, 2.05) is 19.9 Å². The molecule has 0 N–H and O–H groups in total. The summed E-state index contributed by atoms with van der Waals surface area (Å²) in [5.41, 5.74) is 1.17. The number of para-hydroxylation sites is 1. The second-order valence-electron chi connectivity index (χ2n) is 3.95. The fourth-order valence-corrected chi connectivity index (χ4v) is 1.69. The van der Waals surface area contributed by atoms with Crippen LogP contribution in [-0.4, -0.2) is 15.0 Å². The van der Waals surface area contributed by atoms with Gasteiger partial charge < -0.3 is 0 Å². The van der Waals surface area contributed by atoms with Crippen LogP contribution in [-0.2, 0) is 0 Å². The highest BCUT2D eigenvalue weighted by Crippen LogP contribution is 2.22. The molecule has 1 heterocycles. The van der Waals surface area contributed by atoms with Gasteiger partial charge in [0.25, 0.3) is 0 Å². The molecule has 0 aliphatic rings. The lowest BCUT2D eigenvalue weighted by atomic mass is 10.1. The summed E-state index contributed by atoms with van der Waals surface area (Å²) < 4.78 is 15.0. The smallest absolute Gasteiger partial charge is 0.186 e. The third-order valence-electron chi connectivity index (χ3n) is 2.44. The number of hydrogen-bond acceptors (Lipinski definition) is 3. The van der Waals surface area contributed by atoms with Gasteiger partial charge >= 0.3 is 0 Å². The van der Waals surface area contributed by atoms with Gasteiger partial charge in [0, 0.05) is 0 Å². The van der Waals surface area contributed by atoms with Crippen LogP contribution in [0.2, 0.25) is 0 Å². The topological polar surface area (TPSA) is 54.5 Å². The molecule has 1 aromatic carbocycles. The van der Waals surface area contributed by atoms with Crippen molar-refractivity contribution in [3.63, 3.8) is 0 Å². The summed E-state index contributed by atoms with van der Waals surface area (Å²) in [7, 11) is 0. The maximum atomic E-state index is 13.7. The van der Waals surface area contributed by atoms with Gasteiger partial charge in [-0.25, -0.2) is 9.07 Å². The molecule has 0 saturated heterocycles. The molecule has 0 amide bonds. The normalized spacial score (nSPS) is 10.5. The first-order valence-electron chi connectivity index (χ1n) is 5.25. The molecule has 4 nitrogen and oxygen atoms in total. The van der Waals surface area contributed by atoms with E-state index in [1.165, 1.54) is 10.7 Å². The van der Waals surface area contributed by atoms with Gasteiger partial charge in [0.2, 0.25) is 0 Å².